The lowest BCUT2D eigenvalue weighted by Crippen LogP contribution is -2.26. The van der Waals surface area contributed by atoms with Gasteiger partial charge in [-0.15, -0.1) is 0 Å². The maximum absolute atomic E-state index is 5.63. The van der Waals surface area contributed by atoms with Crippen molar-refractivity contribution in [2.24, 2.45) is 0 Å². The number of aromatic nitrogens is 4. The second-order valence-corrected chi connectivity index (χ2v) is 16.5. The molecule has 0 amide bonds. The monoisotopic (exact) mass is 800 g/mol. The summed E-state index contributed by atoms with van der Waals surface area (Å²) in [6.45, 7) is 0. The highest BCUT2D eigenvalue weighted by Crippen LogP contribution is 2.64. The van der Waals surface area contributed by atoms with Crippen LogP contribution < -0.4 is 0 Å². The van der Waals surface area contributed by atoms with Gasteiger partial charge in [0.15, 0.2) is 17.5 Å². The summed E-state index contributed by atoms with van der Waals surface area (Å²) < 4.78 is 0. The molecule has 4 nitrogen and oxygen atoms in total. The third-order valence-electron chi connectivity index (χ3n) is 13.1. The van der Waals surface area contributed by atoms with E-state index >= 15 is 0 Å². The smallest absolute Gasteiger partial charge is 0.164 e. The van der Waals surface area contributed by atoms with Crippen molar-refractivity contribution in [3.8, 4) is 78.9 Å². The standard InChI is InChI=1S/C59H36N4/c1-4-16-37(17-5-1)54-48-24-11-10-23-47(48)53-55(60-54)49-25-13-15-27-51(49)59(53)50-26-14-12-22-45(50)46-33-32-43(36-52(46)59)41-28-29-42-35-44(31-30-40(42)34-41)58-62-56(38-18-6-2-7-19-38)61-57(63-58)39-20-8-3-9-21-39/h1-36H. The normalized spacial score (nSPS) is 14.4. The Morgan fingerprint density at radius 3 is 1.40 bits per heavy atom. The van der Waals surface area contributed by atoms with Crippen LogP contribution in [0, 0.1) is 0 Å². The van der Waals surface area contributed by atoms with Gasteiger partial charge in [-0.25, -0.2) is 19.9 Å². The van der Waals surface area contributed by atoms with Gasteiger partial charge < -0.3 is 0 Å². The molecule has 63 heavy (non-hydrogen) atoms. The van der Waals surface area contributed by atoms with E-state index in [0.717, 1.165) is 55.4 Å². The van der Waals surface area contributed by atoms with E-state index in [1.165, 1.54) is 49.9 Å². The zero-order chi connectivity index (χ0) is 41.5. The molecule has 11 aromatic rings. The van der Waals surface area contributed by atoms with Gasteiger partial charge >= 0.3 is 0 Å². The van der Waals surface area contributed by atoms with E-state index in [-0.39, 0.29) is 0 Å². The molecule has 1 unspecified atom stereocenters. The summed E-state index contributed by atoms with van der Waals surface area (Å²) in [6, 6.07) is 78.1. The predicted molar refractivity (Wildman–Crippen MR) is 256 cm³/mol. The minimum absolute atomic E-state index is 0.552. The lowest BCUT2D eigenvalue weighted by molar-refractivity contribution is 0.800. The molecule has 13 rings (SSSR count). The molecule has 4 heteroatoms. The fourth-order valence-electron chi connectivity index (χ4n) is 10.3. The van der Waals surface area contributed by atoms with Crippen molar-refractivity contribution in [3.63, 3.8) is 0 Å². The molecule has 2 aromatic heterocycles. The Balaban J connectivity index is 0.969. The summed E-state index contributed by atoms with van der Waals surface area (Å²) in [6.07, 6.45) is 0. The van der Waals surface area contributed by atoms with E-state index < -0.39 is 5.41 Å². The fraction of sp³-hybridized carbons (Fsp3) is 0.0169. The number of hydrogen-bond acceptors (Lipinski definition) is 4. The Morgan fingerprint density at radius 1 is 0.270 bits per heavy atom. The van der Waals surface area contributed by atoms with Gasteiger partial charge in [0.25, 0.3) is 0 Å². The minimum atomic E-state index is -0.552. The molecular weight excluding hydrogens is 765 g/mol. The molecule has 9 aromatic carbocycles. The van der Waals surface area contributed by atoms with Crippen LogP contribution in [0.4, 0.5) is 0 Å². The Morgan fingerprint density at radius 2 is 0.730 bits per heavy atom. The van der Waals surface area contributed by atoms with Crippen LogP contribution in [0.15, 0.2) is 218 Å². The van der Waals surface area contributed by atoms with Crippen LogP contribution in [0.25, 0.3) is 100 Å². The van der Waals surface area contributed by atoms with Gasteiger partial charge in [0.1, 0.15) is 0 Å². The molecule has 2 heterocycles. The van der Waals surface area contributed by atoms with Gasteiger partial charge in [0.2, 0.25) is 0 Å². The number of benzene rings is 9. The van der Waals surface area contributed by atoms with Gasteiger partial charge in [0, 0.05) is 38.8 Å². The molecule has 292 valence electrons. The van der Waals surface area contributed by atoms with Crippen molar-refractivity contribution in [3.05, 3.63) is 241 Å². The minimum Gasteiger partial charge on any atom is -0.247 e. The molecule has 0 saturated carbocycles. The van der Waals surface area contributed by atoms with Crippen LogP contribution in [0.5, 0.6) is 0 Å². The first-order valence-corrected chi connectivity index (χ1v) is 21.5. The third kappa shape index (κ3) is 5.35. The maximum atomic E-state index is 5.63. The van der Waals surface area contributed by atoms with Gasteiger partial charge in [-0.3, -0.25) is 0 Å². The zero-order valence-corrected chi connectivity index (χ0v) is 34.1. The Labute approximate surface area is 364 Å². The lowest BCUT2D eigenvalue weighted by atomic mass is 9.69. The molecule has 0 saturated heterocycles. The lowest BCUT2D eigenvalue weighted by Gasteiger charge is -2.31. The summed E-state index contributed by atoms with van der Waals surface area (Å²) in [5.41, 5.74) is 16.7. The van der Waals surface area contributed by atoms with Crippen molar-refractivity contribution in [1.82, 2.24) is 19.9 Å². The van der Waals surface area contributed by atoms with Crippen LogP contribution in [0.1, 0.15) is 22.3 Å². The molecule has 0 aliphatic heterocycles. The molecule has 0 radical (unpaired) electrons. The summed E-state index contributed by atoms with van der Waals surface area (Å²) in [7, 11) is 0. The Bertz CT molecular complexity index is 3560. The highest BCUT2D eigenvalue weighted by Gasteiger charge is 2.53. The van der Waals surface area contributed by atoms with E-state index in [1.54, 1.807) is 0 Å². The zero-order valence-electron chi connectivity index (χ0n) is 34.1. The number of fused-ring (bicyclic) bond motifs is 13. The number of rotatable bonds is 5. The summed E-state index contributed by atoms with van der Waals surface area (Å²) >= 11 is 0. The highest BCUT2D eigenvalue weighted by atomic mass is 15.0. The topological polar surface area (TPSA) is 51.6 Å². The van der Waals surface area contributed by atoms with E-state index in [2.05, 4.69) is 158 Å². The van der Waals surface area contributed by atoms with E-state index in [9.17, 15) is 0 Å². The van der Waals surface area contributed by atoms with E-state index in [4.69, 9.17) is 19.9 Å². The van der Waals surface area contributed by atoms with Crippen molar-refractivity contribution >= 4 is 21.5 Å². The molecule has 1 spiro atoms. The number of pyridine rings is 1. The van der Waals surface area contributed by atoms with Crippen LogP contribution in [0.3, 0.4) is 0 Å². The fourth-order valence-corrected chi connectivity index (χ4v) is 10.3. The van der Waals surface area contributed by atoms with Gasteiger partial charge in [-0.1, -0.05) is 200 Å². The first kappa shape index (κ1) is 35.4. The largest absolute Gasteiger partial charge is 0.247 e. The predicted octanol–water partition coefficient (Wildman–Crippen LogP) is 14.3. The van der Waals surface area contributed by atoms with Gasteiger partial charge in [-0.05, 0) is 73.3 Å². The van der Waals surface area contributed by atoms with Crippen LogP contribution in [0.2, 0.25) is 0 Å². The quantitative estimate of drug-likeness (QED) is 0.174. The first-order chi connectivity index (χ1) is 31.2. The van der Waals surface area contributed by atoms with Gasteiger partial charge in [-0.2, -0.15) is 0 Å². The average Bonchev–Trinajstić information content (AvgIpc) is 3.83. The van der Waals surface area contributed by atoms with Crippen molar-refractivity contribution < 1.29 is 0 Å². The average molecular weight is 801 g/mol. The molecule has 1 atom stereocenters. The molecule has 0 fully saturated rings. The summed E-state index contributed by atoms with van der Waals surface area (Å²) in [4.78, 5) is 20.5. The molecule has 2 aliphatic rings. The third-order valence-corrected chi connectivity index (χ3v) is 13.1. The number of nitrogens with zero attached hydrogens (tertiary/aromatic N) is 4. The second kappa shape index (κ2) is 13.8. The van der Waals surface area contributed by atoms with Crippen LogP contribution in [-0.4, -0.2) is 19.9 Å². The molecule has 0 bridgehead atoms. The summed E-state index contributed by atoms with van der Waals surface area (Å²) in [5.74, 6) is 1.95. The van der Waals surface area contributed by atoms with Crippen molar-refractivity contribution in [2.75, 3.05) is 0 Å². The van der Waals surface area contributed by atoms with Crippen molar-refractivity contribution in [2.45, 2.75) is 5.41 Å². The SMILES string of the molecule is c1ccc(-c2nc(-c3ccccc3)nc(-c3ccc4cc(-c5ccc6c(c5)C5(c7ccccc7-6)c6ccccc6-c6nc(-c7ccccc7)c7ccccc7c65)ccc4c3)n2)cc1. The van der Waals surface area contributed by atoms with E-state index in [0.29, 0.717) is 17.5 Å². The number of hydrogen-bond donors (Lipinski definition) is 0. The Hall–Kier alpha value is -8.34. The molecular formula is C59H36N4. The highest BCUT2D eigenvalue weighted by molar-refractivity contribution is 6.07. The van der Waals surface area contributed by atoms with Gasteiger partial charge in [0.05, 0.1) is 16.8 Å². The van der Waals surface area contributed by atoms with Crippen LogP contribution >= 0.6 is 0 Å². The Kier molecular flexibility index (Phi) is 7.79. The molecule has 2 aliphatic carbocycles. The van der Waals surface area contributed by atoms with Crippen LogP contribution in [-0.2, 0) is 5.41 Å². The first-order valence-electron chi connectivity index (χ1n) is 21.5. The van der Waals surface area contributed by atoms with Crippen molar-refractivity contribution in [1.29, 1.82) is 0 Å². The molecule has 0 N–H and O–H groups in total. The van der Waals surface area contributed by atoms with E-state index in [1.807, 2.05) is 60.7 Å². The maximum Gasteiger partial charge on any atom is 0.164 e. The second-order valence-electron chi connectivity index (χ2n) is 16.5. The summed E-state index contributed by atoms with van der Waals surface area (Å²) in [5, 5.41) is 4.66.